The molecule has 0 radical (unpaired) electrons. The van der Waals surface area contributed by atoms with Crippen molar-refractivity contribution >= 4 is 38.8 Å². The number of hydrogen-bond acceptors (Lipinski definition) is 7. The van der Waals surface area contributed by atoms with Gasteiger partial charge < -0.3 is 19.1 Å². The van der Waals surface area contributed by atoms with Crippen molar-refractivity contribution in [1.29, 1.82) is 0 Å². The van der Waals surface area contributed by atoms with Crippen LogP contribution in [0.15, 0.2) is 12.1 Å². The molecule has 3 aliphatic rings. The lowest BCUT2D eigenvalue weighted by Gasteiger charge is -2.33. The zero-order chi connectivity index (χ0) is 37.8. The molecule has 3 heterocycles. The summed E-state index contributed by atoms with van der Waals surface area (Å²) in [5, 5.41) is 5.07. The molecule has 0 N–H and O–H groups in total. The Morgan fingerprint density at radius 1 is 1.06 bits per heavy atom. The SMILES string of the molecule is CC(C(=O)N(C)c1cc(C(F)(F)F)c2nc(-c3nn(COCC[Si](C)(C)C)c4c3C[C@@H]3C[C@]3(C)C4)n(COCC[Si](C)(C)C)c2c1)N1CCOCC1. The van der Waals surface area contributed by atoms with Crippen molar-refractivity contribution < 1.29 is 32.2 Å². The Labute approximate surface area is 308 Å². The maximum atomic E-state index is 15.0. The quantitative estimate of drug-likeness (QED) is 0.125. The van der Waals surface area contributed by atoms with Gasteiger partial charge in [-0.1, -0.05) is 46.2 Å². The standard InChI is InChI=1S/C37H57F3N6O4Si2/c1-25(44-10-12-48-13-11-44)35(47)43(3)27-19-29(37(38,39)40)33-30(20-27)45(23-49-14-16-51(4,5)6)34(41-33)32-28-18-26-21-36(26,2)22-31(28)46(42-32)24-50-15-17-52(7,8)9/h19-20,25-26H,10-18,21-24H2,1-9H3/t25?,26-,36-/m1/s1. The maximum Gasteiger partial charge on any atom is 0.418 e. The number of nitrogens with zero attached hydrogens (tertiary/aromatic N) is 6. The minimum absolute atomic E-state index is 0.00833. The lowest BCUT2D eigenvalue weighted by atomic mass is 9.87. The number of alkyl halides is 3. The Bertz CT molecular complexity index is 1780. The second-order valence-corrected chi connectivity index (χ2v) is 29.1. The normalized spacial score (nSPS) is 21.7. The number of rotatable bonds is 14. The first-order chi connectivity index (χ1) is 24.3. The van der Waals surface area contributed by atoms with Crippen molar-refractivity contribution in [3.8, 4) is 11.5 Å². The number of carbonyl (C=O) groups is 1. The van der Waals surface area contributed by atoms with Crippen molar-refractivity contribution in [2.45, 2.75) is 110 Å². The molecule has 2 fully saturated rings. The number of morpholine rings is 1. The fourth-order valence-electron chi connectivity index (χ4n) is 7.42. The van der Waals surface area contributed by atoms with Gasteiger partial charge in [-0.2, -0.15) is 18.3 Å². The Morgan fingerprint density at radius 3 is 2.31 bits per heavy atom. The van der Waals surface area contributed by atoms with E-state index in [9.17, 15) is 18.0 Å². The predicted octanol–water partition coefficient (Wildman–Crippen LogP) is 7.35. The summed E-state index contributed by atoms with van der Waals surface area (Å²) in [6.07, 6.45) is -1.97. The highest BCUT2D eigenvalue weighted by atomic mass is 28.3. The molecule has 2 aliphatic carbocycles. The fraction of sp³-hybridized carbons (Fsp3) is 0.703. The molecule has 3 aromatic rings. The lowest BCUT2D eigenvalue weighted by Crippen LogP contribution is -2.50. The van der Waals surface area contributed by atoms with E-state index < -0.39 is 33.9 Å². The number of carbonyl (C=O) groups excluding carboxylic acids is 1. The Kier molecular flexibility index (Phi) is 11.0. The van der Waals surface area contributed by atoms with Crippen LogP contribution in [0.25, 0.3) is 22.6 Å². The van der Waals surface area contributed by atoms with Gasteiger partial charge in [0, 0.05) is 66.4 Å². The number of imidazole rings is 1. The highest BCUT2D eigenvalue weighted by Crippen LogP contribution is 2.60. The van der Waals surface area contributed by atoms with Crippen LogP contribution in [0.1, 0.15) is 37.1 Å². The van der Waals surface area contributed by atoms with Gasteiger partial charge in [-0.25, -0.2) is 9.67 Å². The van der Waals surface area contributed by atoms with E-state index in [0.29, 0.717) is 57.0 Å². The predicted molar refractivity (Wildman–Crippen MR) is 203 cm³/mol. The zero-order valence-electron chi connectivity index (χ0n) is 32.5. The van der Waals surface area contributed by atoms with Gasteiger partial charge in [0.15, 0.2) is 5.82 Å². The summed E-state index contributed by atoms with van der Waals surface area (Å²) in [5.74, 6) is 0.560. The largest absolute Gasteiger partial charge is 0.418 e. The summed E-state index contributed by atoms with van der Waals surface area (Å²) in [6.45, 7) is 21.4. The molecule has 1 amide bonds. The molecule has 10 nitrogen and oxygen atoms in total. The summed E-state index contributed by atoms with van der Waals surface area (Å²) in [4.78, 5) is 21.8. The van der Waals surface area contributed by atoms with Gasteiger partial charge in [-0.15, -0.1) is 0 Å². The second-order valence-electron chi connectivity index (χ2n) is 17.8. The van der Waals surface area contributed by atoms with Crippen LogP contribution in [-0.2, 0) is 51.5 Å². The Balaban J connectivity index is 1.45. The number of anilines is 1. The fourth-order valence-corrected chi connectivity index (χ4v) is 8.94. The molecule has 0 spiro atoms. The van der Waals surface area contributed by atoms with Crippen LogP contribution in [0.2, 0.25) is 51.4 Å². The van der Waals surface area contributed by atoms with Crippen LogP contribution < -0.4 is 4.90 Å². The van der Waals surface area contributed by atoms with Crippen LogP contribution >= 0.6 is 0 Å². The second kappa shape index (κ2) is 14.6. The van der Waals surface area contributed by atoms with Crippen LogP contribution in [0, 0.1) is 11.3 Å². The Hall–Kier alpha value is -2.57. The summed E-state index contributed by atoms with van der Waals surface area (Å²) in [6, 6.07) is 4.10. The third-order valence-corrected chi connectivity index (χ3v) is 14.6. The smallest absolute Gasteiger partial charge is 0.379 e. The van der Waals surface area contributed by atoms with Gasteiger partial charge >= 0.3 is 6.18 Å². The maximum absolute atomic E-state index is 15.0. The molecule has 288 valence electrons. The van der Waals surface area contributed by atoms with Crippen molar-refractivity contribution in [1.82, 2.24) is 24.2 Å². The average molecular weight is 763 g/mol. The van der Waals surface area contributed by atoms with Gasteiger partial charge in [0.25, 0.3) is 0 Å². The van der Waals surface area contributed by atoms with E-state index in [0.717, 1.165) is 48.7 Å². The van der Waals surface area contributed by atoms with E-state index in [1.54, 1.807) is 24.6 Å². The molecule has 1 saturated heterocycles. The number of aromatic nitrogens is 4. The number of amides is 1. The molecule has 1 aromatic carbocycles. The lowest BCUT2D eigenvalue weighted by molar-refractivity contribution is -0.136. The highest BCUT2D eigenvalue weighted by molar-refractivity contribution is 6.76. The molecule has 1 saturated carbocycles. The highest BCUT2D eigenvalue weighted by Gasteiger charge is 2.54. The van der Waals surface area contributed by atoms with E-state index >= 15 is 0 Å². The topological polar surface area (TPSA) is 86.9 Å². The van der Waals surface area contributed by atoms with Gasteiger partial charge in [0.05, 0.1) is 30.3 Å². The number of benzene rings is 1. The van der Waals surface area contributed by atoms with Crippen molar-refractivity contribution in [2.24, 2.45) is 11.3 Å². The van der Waals surface area contributed by atoms with E-state index in [4.69, 9.17) is 24.3 Å². The number of hydrogen-bond donors (Lipinski definition) is 0. The van der Waals surface area contributed by atoms with Gasteiger partial charge in [-0.05, 0) is 61.7 Å². The van der Waals surface area contributed by atoms with Crippen LogP contribution in [-0.4, -0.2) is 98.9 Å². The molecular formula is C37H57F3N6O4Si2. The van der Waals surface area contributed by atoms with Gasteiger partial charge in [-0.3, -0.25) is 14.3 Å². The number of fused-ring (bicyclic) bond motifs is 3. The number of halogens is 3. The van der Waals surface area contributed by atoms with E-state index in [1.165, 1.54) is 4.90 Å². The molecule has 3 atom stereocenters. The van der Waals surface area contributed by atoms with Crippen LogP contribution in [0.3, 0.4) is 0 Å². The first-order valence-electron chi connectivity index (χ1n) is 18.7. The Morgan fingerprint density at radius 2 is 1.69 bits per heavy atom. The average Bonchev–Trinajstić information content (AvgIpc) is 3.43. The zero-order valence-corrected chi connectivity index (χ0v) is 34.5. The molecule has 15 heteroatoms. The molecule has 1 unspecified atom stereocenters. The molecule has 2 aromatic heterocycles. The number of likely N-dealkylation sites (N-methyl/N-ethyl adjacent to an activating group) is 1. The summed E-state index contributed by atoms with van der Waals surface area (Å²) in [7, 11) is -1.20. The van der Waals surface area contributed by atoms with E-state index in [1.807, 2.05) is 9.58 Å². The summed E-state index contributed by atoms with van der Waals surface area (Å²) >= 11 is 0. The third kappa shape index (κ3) is 8.54. The van der Waals surface area contributed by atoms with Gasteiger partial charge in [0.1, 0.15) is 24.7 Å². The van der Waals surface area contributed by atoms with E-state index in [2.05, 4.69) is 46.2 Å². The van der Waals surface area contributed by atoms with Crippen molar-refractivity contribution in [2.75, 3.05) is 51.5 Å². The van der Waals surface area contributed by atoms with Crippen LogP contribution in [0.5, 0.6) is 0 Å². The van der Waals surface area contributed by atoms with Gasteiger partial charge in [0.2, 0.25) is 5.91 Å². The summed E-state index contributed by atoms with van der Waals surface area (Å²) < 4.78 is 66.5. The van der Waals surface area contributed by atoms with Crippen molar-refractivity contribution in [3.05, 3.63) is 29.0 Å². The van der Waals surface area contributed by atoms with E-state index in [-0.39, 0.29) is 41.5 Å². The first-order valence-corrected chi connectivity index (χ1v) is 26.1. The molecule has 0 bridgehead atoms. The minimum atomic E-state index is -4.72. The monoisotopic (exact) mass is 762 g/mol. The molecular weight excluding hydrogens is 706 g/mol. The number of ether oxygens (including phenoxy) is 3. The molecule has 52 heavy (non-hydrogen) atoms. The minimum Gasteiger partial charge on any atom is -0.379 e. The molecule has 6 rings (SSSR count). The third-order valence-electron chi connectivity index (χ3n) is 11.2. The first kappa shape index (κ1) is 39.1. The van der Waals surface area contributed by atoms with Crippen LogP contribution in [0.4, 0.5) is 18.9 Å². The summed E-state index contributed by atoms with van der Waals surface area (Å²) in [5.41, 5.74) is 2.24. The van der Waals surface area contributed by atoms with Crippen molar-refractivity contribution in [3.63, 3.8) is 0 Å². The molecule has 1 aliphatic heterocycles.